The molecular weight excluding hydrogens is 490 g/mol. The highest BCUT2D eigenvalue weighted by molar-refractivity contribution is 6.51. The Bertz CT molecular complexity index is 1360. The van der Waals surface area contributed by atoms with Crippen LogP contribution in [0.1, 0.15) is 36.6 Å². The van der Waals surface area contributed by atoms with E-state index in [1.807, 2.05) is 13.8 Å². The molecule has 0 saturated carbocycles. The minimum absolute atomic E-state index is 0.176. The van der Waals surface area contributed by atoms with Gasteiger partial charge in [-0.15, -0.1) is 0 Å². The molecule has 37 heavy (non-hydrogen) atoms. The van der Waals surface area contributed by atoms with Crippen LogP contribution in [0.3, 0.4) is 0 Å². The molecule has 1 aliphatic heterocycles. The number of ketones is 1. The summed E-state index contributed by atoms with van der Waals surface area (Å²) in [6.45, 7) is 4.32. The lowest BCUT2D eigenvalue weighted by Gasteiger charge is -2.26. The maximum Gasteiger partial charge on any atom is 0.416 e. The fourth-order valence-corrected chi connectivity index (χ4v) is 4.04. The smallest absolute Gasteiger partial charge is 0.416 e. The average molecular weight is 513 g/mol. The van der Waals surface area contributed by atoms with Gasteiger partial charge in [-0.05, 0) is 53.9 Å². The van der Waals surface area contributed by atoms with Gasteiger partial charge in [-0.25, -0.2) is 4.39 Å². The zero-order valence-corrected chi connectivity index (χ0v) is 19.9. The van der Waals surface area contributed by atoms with E-state index in [-0.39, 0.29) is 28.3 Å². The molecule has 1 atom stereocenters. The Hall–Kier alpha value is -4.14. The van der Waals surface area contributed by atoms with Gasteiger partial charge in [0.25, 0.3) is 11.7 Å². The minimum Gasteiger partial charge on any atom is -0.507 e. The first-order valence-corrected chi connectivity index (χ1v) is 11.4. The number of hydrogen-bond donors (Lipinski definition) is 1. The summed E-state index contributed by atoms with van der Waals surface area (Å²) in [5.74, 6) is -2.68. The molecule has 0 aromatic heterocycles. The number of amides is 1. The van der Waals surface area contributed by atoms with E-state index < -0.39 is 41.0 Å². The Morgan fingerprint density at radius 2 is 1.68 bits per heavy atom. The number of anilines is 1. The minimum atomic E-state index is -4.69. The molecule has 1 amide bonds. The van der Waals surface area contributed by atoms with Gasteiger partial charge in [0.2, 0.25) is 0 Å². The van der Waals surface area contributed by atoms with Gasteiger partial charge in [0.15, 0.2) is 0 Å². The van der Waals surface area contributed by atoms with Crippen LogP contribution in [-0.4, -0.2) is 23.4 Å². The summed E-state index contributed by atoms with van der Waals surface area (Å²) in [6, 6.07) is 13.8. The first-order valence-electron chi connectivity index (χ1n) is 11.4. The highest BCUT2D eigenvalue weighted by Gasteiger charge is 2.47. The van der Waals surface area contributed by atoms with Crippen LogP contribution in [0.25, 0.3) is 5.76 Å². The molecule has 1 aliphatic rings. The molecule has 3 aromatic carbocycles. The van der Waals surface area contributed by atoms with Crippen molar-refractivity contribution in [2.75, 3.05) is 11.5 Å². The van der Waals surface area contributed by atoms with Gasteiger partial charge >= 0.3 is 6.18 Å². The van der Waals surface area contributed by atoms with Crippen molar-refractivity contribution >= 4 is 23.1 Å². The Kier molecular flexibility index (Phi) is 7.07. The number of alkyl halides is 3. The number of aliphatic hydroxyl groups excluding tert-OH is 1. The van der Waals surface area contributed by atoms with E-state index in [4.69, 9.17) is 4.74 Å². The van der Waals surface area contributed by atoms with E-state index in [2.05, 4.69) is 0 Å². The molecule has 192 valence electrons. The Labute approximate surface area is 210 Å². The Balaban J connectivity index is 1.88. The molecule has 1 fully saturated rings. The predicted octanol–water partition coefficient (Wildman–Crippen LogP) is 6.51. The van der Waals surface area contributed by atoms with Crippen LogP contribution in [0.4, 0.5) is 23.2 Å². The first kappa shape index (κ1) is 25.9. The summed E-state index contributed by atoms with van der Waals surface area (Å²) in [4.78, 5) is 27.2. The third-order valence-corrected chi connectivity index (χ3v) is 5.77. The lowest BCUT2D eigenvalue weighted by Crippen LogP contribution is -2.29. The zero-order chi connectivity index (χ0) is 26.9. The van der Waals surface area contributed by atoms with Crippen molar-refractivity contribution in [2.45, 2.75) is 26.1 Å². The van der Waals surface area contributed by atoms with Crippen molar-refractivity contribution in [3.8, 4) is 5.75 Å². The van der Waals surface area contributed by atoms with Gasteiger partial charge in [-0.2, -0.15) is 13.2 Å². The lowest BCUT2D eigenvalue weighted by atomic mass is 9.95. The van der Waals surface area contributed by atoms with Crippen LogP contribution in [-0.2, 0) is 15.8 Å². The third kappa shape index (κ3) is 5.35. The number of carbonyl (C=O) groups excluding carboxylic acids is 2. The molecule has 0 spiro atoms. The number of carbonyl (C=O) groups is 2. The first-order chi connectivity index (χ1) is 17.5. The molecular formula is C28H23F4NO4. The maximum atomic E-state index is 13.7. The number of nitrogens with zero attached hydrogens (tertiary/aromatic N) is 1. The number of ether oxygens (including phenoxy) is 1. The summed E-state index contributed by atoms with van der Waals surface area (Å²) in [5, 5.41) is 11.2. The van der Waals surface area contributed by atoms with Gasteiger partial charge in [-0.3, -0.25) is 14.5 Å². The lowest BCUT2D eigenvalue weighted by molar-refractivity contribution is -0.137. The van der Waals surface area contributed by atoms with Crippen LogP contribution in [0.15, 0.2) is 78.4 Å². The highest BCUT2D eigenvalue weighted by Crippen LogP contribution is 2.43. The van der Waals surface area contributed by atoms with Crippen LogP contribution in [0.5, 0.6) is 5.75 Å². The van der Waals surface area contributed by atoms with Crippen LogP contribution in [0.2, 0.25) is 0 Å². The van der Waals surface area contributed by atoms with E-state index in [9.17, 15) is 32.3 Å². The number of Topliss-reactive ketones (excluding diaryl/α,β-unsaturated/α-hetero) is 1. The second-order valence-corrected chi connectivity index (χ2v) is 9.00. The molecule has 0 radical (unpaired) electrons. The van der Waals surface area contributed by atoms with Gasteiger partial charge in [0.05, 0.1) is 23.8 Å². The third-order valence-electron chi connectivity index (χ3n) is 5.77. The van der Waals surface area contributed by atoms with Crippen molar-refractivity contribution in [3.63, 3.8) is 0 Å². The Morgan fingerprint density at radius 1 is 1.00 bits per heavy atom. The summed E-state index contributed by atoms with van der Waals surface area (Å²) >= 11 is 0. The van der Waals surface area contributed by atoms with Crippen molar-refractivity contribution in [2.24, 2.45) is 5.92 Å². The van der Waals surface area contributed by atoms with E-state index in [1.54, 1.807) is 12.1 Å². The van der Waals surface area contributed by atoms with Crippen molar-refractivity contribution < 1.29 is 37.0 Å². The fourth-order valence-electron chi connectivity index (χ4n) is 4.04. The number of hydrogen-bond acceptors (Lipinski definition) is 4. The van der Waals surface area contributed by atoms with Gasteiger partial charge in [0.1, 0.15) is 17.3 Å². The quantitative estimate of drug-likeness (QED) is 0.177. The number of aliphatic hydroxyl groups is 1. The van der Waals surface area contributed by atoms with Gasteiger partial charge < -0.3 is 9.84 Å². The molecule has 3 aromatic rings. The van der Waals surface area contributed by atoms with E-state index in [1.165, 1.54) is 30.3 Å². The average Bonchev–Trinajstić information content (AvgIpc) is 3.12. The molecule has 9 heteroatoms. The maximum absolute atomic E-state index is 13.7. The molecule has 1 unspecified atom stereocenters. The normalized spacial score (nSPS) is 17.5. The van der Waals surface area contributed by atoms with Crippen molar-refractivity contribution in [3.05, 3.63) is 101 Å². The number of rotatable bonds is 6. The fraction of sp³-hybridized carbons (Fsp3) is 0.214. The molecule has 1 heterocycles. The largest absolute Gasteiger partial charge is 0.507 e. The zero-order valence-electron chi connectivity index (χ0n) is 19.9. The van der Waals surface area contributed by atoms with E-state index in [0.29, 0.717) is 12.4 Å². The summed E-state index contributed by atoms with van der Waals surface area (Å²) in [6.07, 6.45) is -4.69. The molecule has 4 rings (SSSR count). The van der Waals surface area contributed by atoms with Crippen LogP contribution < -0.4 is 9.64 Å². The topological polar surface area (TPSA) is 66.8 Å². The standard InChI is InChI=1S/C28H23F4NO4/c1-16(2)15-37-22-8-3-5-18(13-22)25(34)23-24(17-9-11-20(29)12-10-17)33(27(36)26(23)35)21-7-4-6-19(14-21)28(30,31)32/h3-14,16,24,34H,15H2,1-2H3/b25-23+. The molecule has 0 bridgehead atoms. The number of halogens is 4. The summed E-state index contributed by atoms with van der Waals surface area (Å²) < 4.78 is 59.6. The predicted molar refractivity (Wildman–Crippen MR) is 129 cm³/mol. The van der Waals surface area contributed by atoms with Crippen molar-refractivity contribution in [1.29, 1.82) is 0 Å². The second kappa shape index (κ2) is 10.1. The number of benzene rings is 3. The van der Waals surface area contributed by atoms with E-state index in [0.717, 1.165) is 35.2 Å². The molecule has 1 N–H and O–H groups in total. The highest BCUT2D eigenvalue weighted by atomic mass is 19.4. The molecule has 1 saturated heterocycles. The Morgan fingerprint density at radius 3 is 2.32 bits per heavy atom. The monoisotopic (exact) mass is 513 g/mol. The van der Waals surface area contributed by atoms with Crippen LogP contribution in [0, 0.1) is 11.7 Å². The van der Waals surface area contributed by atoms with Gasteiger partial charge in [-0.1, -0.05) is 44.2 Å². The van der Waals surface area contributed by atoms with E-state index >= 15 is 0 Å². The SMILES string of the molecule is CC(C)COc1cccc(/C(O)=C2\C(=O)C(=O)N(c3cccc(C(F)(F)F)c3)C2c2ccc(F)cc2)c1. The summed E-state index contributed by atoms with van der Waals surface area (Å²) in [5.41, 5.74) is -1.14. The van der Waals surface area contributed by atoms with Crippen LogP contribution >= 0.6 is 0 Å². The molecule has 0 aliphatic carbocycles. The summed E-state index contributed by atoms with van der Waals surface area (Å²) in [7, 11) is 0. The molecule has 5 nitrogen and oxygen atoms in total. The van der Waals surface area contributed by atoms with Crippen molar-refractivity contribution in [1.82, 2.24) is 0 Å². The van der Waals surface area contributed by atoms with Gasteiger partial charge in [0, 0.05) is 11.3 Å². The second-order valence-electron chi connectivity index (χ2n) is 9.00.